The Morgan fingerprint density at radius 1 is 1.46 bits per heavy atom. The maximum atomic E-state index is 13.8. The fourth-order valence-corrected chi connectivity index (χ4v) is 3.96. The highest BCUT2D eigenvalue weighted by atomic mass is 19.1. The summed E-state index contributed by atoms with van der Waals surface area (Å²) in [5, 5.41) is 14.1. The van der Waals surface area contributed by atoms with E-state index in [9.17, 15) is 14.3 Å². The molecule has 1 atom stereocenters. The predicted molar refractivity (Wildman–Crippen MR) is 95.0 cm³/mol. The first-order chi connectivity index (χ1) is 12.4. The highest BCUT2D eigenvalue weighted by Crippen LogP contribution is 2.35. The molecule has 0 amide bonds. The minimum atomic E-state index is -0.897. The van der Waals surface area contributed by atoms with Crippen LogP contribution in [0.1, 0.15) is 23.4 Å². The van der Waals surface area contributed by atoms with Crippen LogP contribution >= 0.6 is 0 Å². The van der Waals surface area contributed by atoms with Crippen LogP contribution in [0, 0.1) is 12.7 Å². The number of likely N-dealkylation sites (N-methyl/N-ethyl adjacent to an activating group) is 1. The van der Waals surface area contributed by atoms with E-state index in [2.05, 4.69) is 10.1 Å². The van der Waals surface area contributed by atoms with Crippen LogP contribution in [0.3, 0.4) is 0 Å². The van der Waals surface area contributed by atoms with Crippen LogP contribution in [0.15, 0.2) is 28.8 Å². The molecule has 7 heteroatoms. The number of rotatable bonds is 4. The van der Waals surface area contributed by atoms with Crippen molar-refractivity contribution < 1.29 is 18.8 Å². The van der Waals surface area contributed by atoms with Gasteiger partial charge in [0.15, 0.2) is 5.82 Å². The Hall–Kier alpha value is -2.83. The molecule has 1 aliphatic carbocycles. The summed E-state index contributed by atoms with van der Waals surface area (Å²) in [7, 11) is 1.98. The molecule has 1 aromatic carbocycles. The molecule has 0 spiro atoms. The number of anilines is 1. The molecule has 0 saturated heterocycles. The fourth-order valence-electron chi connectivity index (χ4n) is 3.96. The number of aromatic nitrogens is 2. The Morgan fingerprint density at radius 3 is 2.96 bits per heavy atom. The Bertz CT molecular complexity index is 991. The summed E-state index contributed by atoms with van der Waals surface area (Å²) in [6, 6.07) is 6.65. The molecule has 0 aliphatic heterocycles. The fraction of sp³-hybridized carbons (Fsp3) is 0.368. The van der Waals surface area contributed by atoms with Crippen molar-refractivity contribution in [1.82, 2.24) is 9.72 Å². The number of nitrogens with zero attached hydrogens (tertiary/aromatic N) is 3. The third kappa shape index (κ3) is 2.73. The number of carboxylic acids is 1. The van der Waals surface area contributed by atoms with Gasteiger partial charge in [-0.15, -0.1) is 0 Å². The molecule has 136 valence electrons. The van der Waals surface area contributed by atoms with Crippen LogP contribution < -0.4 is 4.90 Å². The molecule has 2 aromatic heterocycles. The molecular formula is C19H20FN3O3. The molecule has 1 N–H and O–H groups in total. The second-order valence-corrected chi connectivity index (χ2v) is 6.87. The van der Waals surface area contributed by atoms with Crippen LogP contribution in [-0.2, 0) is 24.2 Å². The van der Waals surface area contributed by atoms with E-state index in [1.807, 2.05) is 24.6 Å². The summed E-state index contributed by atoms with van der Waals surface area (Å²) < 4.78 is 20.8. The molecule has 26 heavy (non-hydrogen) atoms. The molecule has 4 rings (SSSR count). The minimum Gasteiger partial charge on any atom is -0.480 e. The van der Waals surface area contributed by atoms with E-state index in [4.69, 9.17) is 4.52 Å². The normalized spacial score (nSPS) is 16.7. The van der Waals surface area contributed by atoms with Crippen molar-refractivity contribution >= 4 is 22.7 Å². The van der Waals surface area contributed by atoms with Gasteiger partial charge in [-0.1, -0.05) is 5.16 Å². The van der Waals surface area contributed by atoms with E-state index >= 15 is 0 Å². The summed E-state index contributed by atoms with van der Waals surface area (Å²) >= 11 is 0. The third-order valence-electron chi connectivity index (χ3n) is 5.22. The van der Waals surface area contributed by atoms with E-state index in [1.165, 1.54) is 12.1 Å². The van der Waals surface area contributed by atoms with Gasteiger partial charge < -0.3 is 19.1 Å². The molecule has 6 nitrogen and oxygen atoms in total. The van der Waals surface area contributed by atoms with Gasteiger partial charge in [-0.25, -0.2) is 4.39 Å². The highest BCUT2D eigenvalue weighted by Gasteiger charge is 2.29. The summed E-state index contributed by atoms with van der Waals surface area (Å²) in [5.41, 5.74) is 2.80. The number of aliphatic carboxylic acids is 1. The number of halogens is 1. The van der Waals surface area contributed by atoms with E-state index in [0.29, 0.717) is 6.42 Å². The summed E-state index contributed by atoms with van der Waals surface area (Å²) in [4.78, 5) is 13.4. The molecule has 0 saturated carbocycles. The van der Waals surface area contributed by atoms with Crippen LogP contribution in [0.25, 0.3) is 10.9 Å². The number of benzene rings is 1. The van der Waals surface area contributed by atoms with E-state index in [1.54, 1.807) is 6.07 Å². The van der Waals surface area contributed by atoms with Crippen molar-refractivity contribution in [2.24, 2.45) is 0 Å². The minimum absolute atomic E-state index is 0.111. The van der Waals surface area contributed by atoms with Gasteiger partial charge in [-0.2, -0.15) is 0 Å². The van der Waals surface area contributed by atoms with Crippen LogP contribution in [-0.4, -0.2) is 33.9 Å². The number of carbonyl (C=O) groups is 1. The van der Waals surface area contributed by atoms with E-state index in [-0.39, 0.29) is 18.4 Å². The molecule has 1 unspecified atom stereocenters. The Balaban J connectivity index is 1.75. The zero-order valence-corrected chi connectivity index (χ0v) is 14.7. The zero-order chi connectivity index (χ0) is 18.4. The number of hydrogen-bond donors (Lipinski definition) is 1. The van der Waals surface area contributed by atoms with Crippen molar-refractivity contribution in [2.45, 2.75) is 38.8 Å². The van der Waals surface area contributed by atoms with Gasteiger partial charge in [-0.05, 0) is 49.9 Å². The number of fused-ring (bicyclic) bond motifs is 3. The molecule has 0 radical (unpaired) electrons. The van der Waals surface area contributed by atoms with Crippen LogP contribution in [0.4, 0.5) is 10.2 Å². The monoisotopic (exact) mass is 357 g/mol. The first kappa shape index (κ1) is 16.6. The SMILES string of the molecule is Cc1cc(N(C)C2CCc3c(c4cc(F)ccc4n3CC(=O)O)C2)no1. The van der Waals surface area contributed by atoms with Crippen LogP contribution in [0.2, 0.25) is 0 Å². The van der Waals surface area contributed by atoms with Crippen molar-refractivity contribution in [3.63, 3.8) is 0 Å². The summed E-state index contributed by atoms with van der Waals surface area (Å²) in [5.74, 6) is 0.321. The Morgan fingerprint density at radius 2 is 2.27 bits per heavy atom. The van der Waals surface area contributed by atoms with Gasteiger partial charge in [0.1, 0.15) is 18.1 Å². The first-order valence-electron chi connectivity index (χ1n) is 8.61. The maximum absolute atomic E-state index is 13.8. The van der Waals surface area contributed by atoms with E-state index in [0.717, 1.165) is 46.6 Å². The third-order valence-corrected chi connectivity index (χ3v) is 5.22. The Labute approximate surface area is 149 Å². The largest absolute Gasteiger partial charge is 0.480 e. The smallest absolute Gasteiger partial charge is 0.323 e. The lowest BCUT2D eigenvalue weighted by Gasteiger charge is -2.31. The second kappa shape index (κ2) is 6.16. The van der Waals surface area contributed by atoms with Crippen molar-refractivity contribution in [2.75, 3.05) is 11.9 Å². The number of aryl methyl sites for hydroxylation is 1. The molecule has 1 aliphatic rings. The zero-order valence-electron chi connectivity index (χ0n) is 14.7. The second-order valence-electron chi connectivity index (χ2n) is 6.87. The standard InChI is InChI=1S/C19H20FN3O3/c1-11-7-18(21-26-11)22(2)13-4-6-17-15(9-13)14-8-12(20)3-5-16(14)23(17)10-19(24)25/h3,5,7-8,13H,4,6,9-10H2,1-2H3,(H,24,25). The van der Waals surface area contributed by atoms with Gasteiger partial charge in [0.25, 0.3) is 0 Å². The topological polar surface area (TPSA) is 71.5 Å². The lowest BCUT2D eigenvalue weighted by molar-refractivity contribution is -0.137. The van der Waals surface area contributed by atoms with Crippen LogP contribution in [0.5, 0.6) is 0 Å². The first-order valence-corrected chi connectivity index (χ1v) is 8.61. The molecule has 2 heterocycles. The molecule has 3 aromatic rings. The highest BCUT2D eigenvalue weighted by molar-refractivity contribution is 5.87. The van der Waals surface area contributed by atoms with Crippen molar-refractivity contribution in [3.8, 4) is 0 Å². The molecule has 0 bridgehead atoms. The average molecular weight is 357 g/mol. The van der Waals surface area contributed by atoms with Gasteiger partial charge in [-0.3, -0.25) is 4.79 Å². The predicted octanol–water partition coefficient (Wildman–Crippen LogP) is 3.16. The van der Waals surface area contributed by atoms with E-state index < -0.39 is 5.97 Å². The average Bonchev–Trinajstić information content (AvgIpc) is 3.16. The van der Waals surface area contributed by atoms with Gasteiger partial charge >= 0.3 is 5.97 Å². The van der Waals surface area contributed by atoms with Gasteiger partial charge in [0, 0.05) is 35.8 Å². The number of carboxylic acid groups (broad SMARTS) is 1. The van der Waals surface area contributed by atoms with Gasteiger partial charge in [0.2, 0.25) is 0 Å². The quantitative estimate of drug-likeness (QED) is 0.777. The Kier molecular flexibility index (Phi) is 3.94. The number of hydrogen-bond acceptors (Lipinski definition) is 4. The lowest BCUT2D eigenvalue weighted by Crippen LogP contribution is -2.37. The lowest BCUT2D eigenvalue weighted by atomic mass is 9.90. The summed E-state index contributed by atoms with van der Waals surface area (Å²) in [6.45, 7) is 1.74. The maximum Gasteiger partial charge on any atom is 0.323 e. The van der Waals surface area contributed by atoms with Gasteiger partial charge in [0.05, 0.1) is 0 Å². The molecule has 0 fully saturated rings. The van der Waals surface area contributed by atoms with Crippen molar-refractivity contribution in [3.05, 3.63) is 47.1 Å². The summed E-state index contributed by atoms with van der Waals surface area (Å²) in [6.07, 6.45) is 2.32. The van der Waals surface area contributed by atoms with Crippen molar-refractivity contribution in [1.29, 1.82) is 0 Å². The molecular weight excluding hydrogens is 337 g/mol.